The average Bonchev–Trinajstić information content (AvgIpc) is 2.97. The normalized spacial score (nSPS) is 12.2. The molecule has 4 rings (SSSR count). The van der Waals surface area contributed by atoms with Gasteiger partial charge in [0.2, 0.25) is 0 Å². The number of hydrogen-bond acceptors (Lipinski definition) is 11. The molecule has 0 aliphatic heterocycles. The van der Waals surface area contributed by atoms with Crippen LogP contribution in [0.5, 0.6) is 11.5 Å². The SMILES string of the molecule is CS(=O)(=O)c1ccc(S(=O)(=O)Nc2ccc(Oc3ccc(NS(=O)(=O)c4ccc(S(C)(=O)=O)cc4)c(C(=O)O)c3)cc2C(=O)O)cc1. The van der Waals surface area contributed by atoms with Gasteiger partial charge >= 0.3 is 11.9 Å². The second kappa shape index (κ2) is 12.7. The van der Waals surface area contributed by atoms with Crippen molar-refractivity contribution in [2.75, 3.05) is 22.0 Å². The van der Waals surface area contributed by atoms with Crippen LogP contribution in [0.2, 0.25) is 0 Å². The molecule has 0 amide bonds. The number of rotatable bonds is 12. The third-order valence-corrected chi connectivity index (χ3v) is 11.3. The van der Waals surface area contributed by atoms with Gasteiger partial charge in [-0.1, -0.05) is 0 Å². The van der Waals surface area contributed by atoms with Crippen molar-refractivity contribution in [3.8, 4) is 11.5 Å². The summed E-state index contributed by atoms with van der Waals surface area (Å²) >= 11 is 0. The number of sulfone groups is 2. The van der Waals surface area contributed by atoms with Gasteiger partial charge in [-0.05, 0) is 84.9 Å². The van der Waals surface area contributed by atoms with E-state index in [0.717, 1.165) is 85.3 Å². The van der Waals surface area contributed by atoms with Gasteiger partial charge in [-0.2, -0.15) is 0 Å². The average molecular weight is 725 g/mol. The maximum atomic E-state index is 12.9. The number of hydrogen-bond donors (Lipinski definition) is 4. The number of carboxylic acid groups (broad SMARTS) is 2. The predicted molar refractivity (Wildman–Crippen MR) is 168 cm³/mol. The monoisotopic (exact) mass is 724 g/mol. The van der Waals surface area contributed by atoms with Crippen LogP contribution < -0.4 is 14.2 Å². The largest absolute Gasteiger partial charge is 0.478 e. The zero-order chi connectivity index (χ0) is 34.9. The van der Waals surface area contributed by atoms with Gasteiger partial charge in [0.05, 0.1) is 42.1 Å². The lowest BCUT2D eigenvalue weighted by molar-refractivity contribution is 0.0687. The molecule has 0 aromatic heterocycles. The highest BCUT2D eigenvalue weighted by Gasteiger charge is 2.23. The molecular formula is C28H24N2O13S4. The van der Waals surface area contributed by atoms with Gasteiger partial charge in [-0.15, -0.1) is 0 Å². The van der Waals surface area contributed by atoms with Crippen molar-refractivity contribution in [2.45, 2.75) is 19.6 Å². The van der Waals surface area contributed by atoms with Crippen LogP contribution in [0.15, 0.2) is 105 Å². The van der Waals surface area contributed by atoms with Crippen LogP contribution in [-0.4, -0.2) is 68.3 Å². The fraction of sp³-hybridized carbons (Fsp3) is 0.0714. The van der Waals surface area contributed by atoms with Crippen LogP contribution in [0.1, 0.15) is 20.7 Å². The summed E-state index contributed by atoms with van der Waals surface area (Å²) in [6.07, 6.45) is 1.89. The summed E-state index contributed by atoms with van der Waals surface area (Å²) in [6.45, 7) is 0. The van der Waals surface area contributed by atoms with Crippen molar-refractivity contribution in [1.82, 2.24) is 0 Å². The summed E-state index contributed by atoms with van der Waals surface area (Å²) in [5.74, 6) is -3.42. The standard InChI is InChI=1S/C28H24N2O13S4/c1-44(35,36)19-5-9-21(10-6-19)46(39,40)29-25-13-3-17(15-23(25)27(31)32)43-18-4-14-26(24(16-18)28(33)34)30-47(41,42)22-11-7-20(8-12-22)45(2,37)38/h3-16,29-30H,1-2H3,(H,31,32)(H,33,34). The van der Waals surface area contributed by atoms with Gasteiger partial charge in [0, 0.05) is 12.5 Å². The first-order chi connectivity index (χ1) is 21.7. The molecule has 0 saturated heterocycles. The van der Waals surface area contributed by atoms with Crippen LogP contribution in [0.25, 0.3) is 0 Å². The highest BCUT2D eigenvalue weighted by atomic mass is 32.2. The molecule has 0 spiro atoms. The number of benzene rings is 4. The Labute approximate surface area is 269 Å². The molecule has 0 saturated carbocycles. The first-order valence-corrected chi connectivity index (χ1v) is 19.5. The molecular weight excluding hydrogens is 701 g/mol. The molecule has 0 atom stereocenters. The zero-order valence-corrected chi connectivity index (χ0v) is 27.4. The summed E-state index contributed by atoms with van der Waals surface area (Å²) in [7, 11) is -15.9. The molecule has 4 aromatic carbocycles. The molecule has 4 N–H and O–H groups in total. The number of anilines is 2. The summed E-state index contributed by atoms with van der Waals surface area (Å²) in [4.78, 5) is 23.0. The fourth-order valence-electron chi connectivity index (χ4n) is 3.98. The predicted octanol–water partition coefficient (Wildman–Crippen LogP) is 3.28. The third-order valence-electron chi connectivity index (χ3n) is 6.29. The van der Waals surface area contributed by atoms with Gasteiger partial charge in [0.1, 0.15) is 11.5 Å². The highest BCUT2D eigenvalue weighted by molar-refractivity contribution is 7.93. The Morgan fingerprint density at radius 2 is 0.809 bits per heavy atom. The van der Waals surface area contributed by atoms with Crippen molar-refractivity contribution in [1.29, 1.82) is 0 Å². The van der Waals surface area contributed by atoms with Crippen molar-refractivity contribution in [2.24, 2.45) is 0 Å². The highest BCUT2D eigenvalue weighted by Crippen LogP contribution is 2.31. The van der Waals surface area contributed by atoms with Gasteiger partial charge in [-0.3, -0.25) is 9.44 Å². The van der Waals surface area contributed by atoms with Crippen LogP contribution in [-0.2, 0) is 39.7 Å². The van der Waals surface area contributed by atoms with E-state index in [1.165, 1.54) is 12.1 Å². The molecule has 0 bridgehead atoms. The van der Waals surface area contributed by atoms with Crippen molar-refractivity contribution < 1.29 is 58.2 Å². The molecule has 47 heavy (non-hydrogen) atoms. The van der Waals surface area contributed by atoms with Crippen LogP contribution in [0.4, 0.5) is 11.4 Å². The summed E-state index contributed by atoms with van der Waals surface area (Å²) in [6, 6.07) is 14.9. The van der Waals surface area contributed by atoms with E-state index in [4.69, 9.17) is 4.74 Å². The van der Waals surface area contributed by atoms with Crippen molar-refractivity contribution in [3.63, 3.8) is 0 Å². The molecule has 19 heteroatoms. The topological polar surface area (TPSA) is 244 Å². The smallest absolute Gasteiger partial charge is 0.337 e. The Morgan fingerprint density at radius 3 is 1.09 bits per heavy atom. The second-order valence-electron chi connectivity index (χ2n) is 9.83. The number of nitrogens with one attached hydrogen (secondary N) is 2. The Morgan fingerprint density at radius 1 is 0.511 bits per heavy atom. The van der Waals surface area contributed by atoms with E-state index in [1.807, 2.05) is 0 Å². The van der Waals surface area contributed by atoms with E-state index in [2.05, 4.69) is 9.44 Å². The molecule has 15 nitrogen and oxygen atoms in total. The molecule has 0 heterocycles. The first-order valence-electron chi connectivity index (χ1n) is 12.8. The molecule has 0 fully saturated rings. The maximum absolute atomic E-state index is 12.9. The third kappa shape index (κ3) is 8.25. The van der Waals surface area contributed by atoms with E-state index >= 15 is 0 Å². The number of ether oxygens (including phenoxy) is 1. The van der Waals surface area contributed by atoms with Crippen LogP contribution >= 0.6 is 0 Å². The lowest BCUT2D eigenvalue weighted by Gasteiger charge is -2.14. The van der Waals surface area contributed by atoms with E-state index in [0.29, 0.717) is 0 Å². The van der Waals surface area contributed by atoms with E-state index in [9.17, 15) is 53.5 Å². The summed E-state index contributed by atoms with van der Waals surface area (Å²) in [5, 5.41) is 19.5. The lowest BCUT2D eigenvalue weighted by Crippen LogP contribution is -2.16. The zero-order valence-electron chi connectivity index (χ0n) is 24.1. The van der Waals surface area contributed by atoms with Gasteiger partial charge in [0.15, 0.2) is 19.7 Å². The Hall–Kier alpha value is -4.98. The molecule has 0 unspecified atom stereocenters. The van der Waals surface area contributed by atoms with E-state index < -0.39 is 62.8 Å². The molecule has 248 valence electrons. The summed E-state index contributed by atoms with van der Waals surface area (Å²) < 4.78 is 108. The minimum atomic E-state index is -4.36. The Kier molecular flexibility index (Phi) is 9.40. The number of carboxylic acids is 2. The van der Waals surface area contributed by atoms with Gasteiger partial charge < -0.3 is 14.9 Å². The number of carbonyl (C=O) groups is 2. The van der Waals surface area contributed by atoms with E-state index in [-0.39, 0.29) is 42.5 Å². The number of aromatic carboxylic acids is 2. The molecule has 0 aliphatic rings. The molecule has 0 radical (unpaired) electrons. The fourth-order valence-corrected chi connectivity index (χ4v) is 7.40. The Balaban J connectivity index is 1.59. The minimum Gasteiger partial charge on any atom is -0.478 e. The second-order valence-corrected chi connectivity index (χ2v) is 17.2. The quantitative estimate of drug-likeness (QED) is 0.164. The van der Waals surface area contributed by atoms with Crippen molar-refractivity contribution in [3.05, 3.63) is 96.1 Å². The minimum absolute atomic E-state index is 0.123. The van der Waals surface area contributed by atoms with Gasteiger partial charge in [-0.25, -0.2) is 43.3 Å². The number of sulfonamides is 2. The maximum Gasteiger partial charge on any atom is 0.337 e. The molecule has 4 aromatic rings. The van der Waals surface area contributed by atoms with Gasteiger partial charge in [0.25, 0.3) is 20.0 Å². The Bertz CT molecular complexity index is 2170. The first kappa shape index (κ1) is 34.9. The van der Waals surface area contributed by atoms with Crippen LogP contribution in [0.3, 0.4) is 0 Å². The lowest BCUT2D eigenvalue weighted by atomic mass is 10.1. The van der Waals surface area contributed by atoms with E-state index in [1.54, 1.807) is 0 Å². The molecule has 0 aliphatic carbocycles. The van der Waals surface area contributed by atoms with Crippen molar-refractivity contribution >= 4 is 63.0 Å². The summed E-state index contributed by atoms with van der Waals surface area (Å²) in [5.41, 5.74) is -1.83. The van der Waals surface area contributed by atoms with Crippen LogP contribution in [0, 0.1) is 0 Å².